The van der Waals surface area contributed by atoms with E-state index >= 15 is 0 Å². The van der Waals surface area contributed by atoms with Gasteiger partial charge in [-0.25, -0.2) is 9.37 Å². The molecule has 1 aliphatic carbocycles. The smallest absolute Gasteiger partial charge is 0.262 e. The molecule has 1 N–H and O–H groups in total. The standard InChI is InChI=1S/C21H24FN3OS/c1-13(2)24-16-6-7-17-18(11-16)27-20-19(17)21(26)25(12-23-20)9-8-14-4-3-5-15(22)10-14/h3-5,10,12-13,16,24H,6-9,11H2,1-2H3. The molecule has 0 saturated carbocycles. The van der Waals surface area contributed by atoms with Crippen LogP contribution in [-0.2, 0) is 25.8 Å². The molecule has 1 unspecified atom stereocenters. The predicted molar refractivity (Wildman–Crippen MR) is 108 cm³/mol. The molecule has 4 nitrogen and oxygen atoms in total. The molecule has 0 radical (unpaired) electrons. The number of aromatic nitrogens is 2. The molecule has 4 rings (SSSR count). The van der Waals surface area contributed by atoms with Crippen molar-refractivity contribution in [3.8, 4) is 0 Å². The van der Waals surface area contributed by atoms with Crippen molar-refractivity contribution in [3.05, 3.63) is 62.8 Å². The van der Waals surface area contributed by atoms with Gasteiger partial charge >= 0.3 is 0 Å². The maximum Gasteiger partial charge on any atom is 0.262 e. The van der Waals surface area contributed by atoms with Crippen molar-refractivity contribution in [1.82, 2.24) is 14.9 Å². The van der Waals surface area contributed by atoms with Gasteiger partial charge in [-0.15, -0.1) is 11.3 Å². The summed E-state index contributed by atoms with van der Waals surface area (Å²) in [5.41, 5.74) is 2.11. The average molecular weight is 386 g/mol. The number of halogens is 1. The molecule has 0 fully saturated rings. The number of nitrogens with zero attached hydrogens (tertiary/aromatic N) is 2. The third kappa shape index (κ3) is 3.82. The van der Waals surface area contributed by atoms with Gasteiger partial charge in [0.2, 0.25) is 0 Å². The molecular formula is C21H24FN3OS. The summed E-state index contributed by atoms with van der Waals surface area (Å²) in [6, 6.07) is 7.47. The van der Waals surface area contributed by atoms with E-state index in [1.54, 1.807) is 28.3 Å². The molecule has 0 bridgehead atoms. The number of aryl methyl sites for hydroxylation is 3. The van der Waals surface area contributed by atoms with E-state index in [-0.39, 0.29) is 11.4 Å². The normalized spacial score (nSPS) is 16.8. The van der Waals surface area contributed by atoms with E-state index in [1.165, 1.54) is 22.6 Å². The fourth-order valence-electron chi connectivity index (χ4n) is 3.92. The monoisotopic (exact) mass is 385 g/mol. The Morgan fingerprint density at radius 2 is 2.26 bits per heavy atom. The fourth-order valence-corrected chi connectivity index (χ4v) is 5.17. The van der Waals surface area contributed by atoms with Crippen LogP contribution in [0.1, 0.15) is 36.3 Å². The summed E-state index contributed by atoms with van der Waals surface area (Å²) in [7, 11) is 0. The van der Waals surface area contributed by atoms with Crippen LogP contribution >= 0.6 is 11.3 Å². The van der Waals surface area contributed by atoms with E-state index in [9.17, 15) is 9.18 Å². The molecule has 27 heavy (non-hydrogen) atoms. The Bertz CT molecular complexity index is 1020. The van der Waals surface area contributed by atoms with Crippen LogP contribution in [0, 0.1) is 5.82 Å². The fraction of sp³-hybridized carbons (Fsp3) is 0.429. The third-order valence-electron chi connectivity index (χ3n) is 5.14. The number of hydrogen-bond acceptors (Lipinski definition) is 4. The summed E-state index contributed by atoms with van der Waals surface area (Å²) in [4.78, 5) is 19.7. The van der Waals surface area contributed by atoms with Crippen molar-refractivity contribution >= 4 is 21.6 Å². The second kappa shape index (κ2) is 7.52. The first-order valence-corrected chi connectivity index (χ1v) is 10.3. The van der Waals surface area contributed by atoms with Gasteiger partial charge in [0, 0.05) is 23.5 Å². The highest BCUT2D eigenvalue weighted by atomic mass is 32.1. The molecule has 0 aliphatic heterocycles. The molecule has 1 atom stereocenters. The largest absolute Gasteiger partial charge is 0.311 e. The van der Waals surface area contributed by atoms with Gasteiger partial charge in [0.05, 0.1) is 11.7 Å². The summed E-state index contributed by atoms with van der Waals surface area (Å²) >= 11 is 1.66. The number of fused-ring (bicyclic) bond motifs is 3. The van der Waals surface area contributed by atoms with Crippen LogP contribution in [-0.4, -0.2) is 21.6 Å². The number of rotatable bonds is 5. The lowest BCUT2D eigenvalue weighted by molar-refractivity contribution is 0.425. The van der Waals surface area contributed by atoms with Crippen molar-refractivity contribution < 1.29 is 4.39 Å². The first kappa shape index (κ1) is 18.3. The van der Waals surface area contributed by atoms with E-state index in [4.69, 9.17) is 0 Å². The van der Waals surface area contributed by atoms with Crippen molar-refractivity contribution in [2.45, 2.75) is 58.2 Å². The summed E-state index contributed by atoms with van der Waals surface area (Å²) in [6.07, 6.45) is 5.18. The molecule has 0 spiro atoms. The van der Waals surface area contributed by atoms with Crippen LogP contribution in [0.5, 0.6) is 0 Å². The lowest BCUT2D eigenvalue weighted by Crippen LogP contribution is -2.38. The summed E-state index contributed by atoms with van der Waals surface area (Å²) in [5.74, 6) is -0.245. The number of nitrogens with one attached hydrogen (secondary N) is 1. The van der Waals surface area contributed by atoms with Crippen LogP contribution in [0.15, 0.2) is 35.4 Å². The van der Waals surface area contributed by atoms with Gasteiger partial charge in [0.25, 0.3) is 5.56 Å². The minimum atomic E-state index is -0.245. The zero-order chi connectivity index (χ0) is 19.0. The Morgan fingerprint density at radius 3 is 3.04 bits per heavy atom. The van der Waals surface area contributed by atoms with Crippen molar-refractivity contribution in [1.29, 1.82) is 0 Å². The van der Waals surface area contributed by atoms with Crippen LogP contribution in [0.2, 0.25) is 0 Å². The van der Waals surface area contributed by atoms with Gasteiger partial charge in [0.15, 0.2) is 0 Å². The zero-order valence-electron chi connectivity index (χ0n) is 15.7. The van der Waals surface area contributed by atoms with Gasteiger partial charge in [-0.3, -0.25) is 9.36 Å². The highest BCUT2D eigenvalue weighted by molar-refractivity contribution is 7.18. The molecule has 1 aromatic carbocycles. The molecule has 6 heteroatoms. The van der Waals surface area contributed by atoms with E-state index in [2.05, 4.69) is 24.1 Å². The van der Waals surface area contributed by atoms with Crippen LogP contribution in [0.4, 0.5) is 4.39 Å². The Labute approximate surface area is 162 Å². The lowest BCUT2D eigenvalue weighted by Gasteiger charge is -2.25. The first-order chi connectivity index (χ1) is 13.0. The van der Waals surface area contributed by atoms with Crippen LogP contribution in [0.25, 0.3) is 10.2 Å². The molecular weight excluding hydrogens is 361 g/mol. The molecule has 0 saturated heterocycles. The third-order valence-corrected chi connectivity index (χ3v) is 6.30. The maximum absolute atomic E-state index is 13.4. The Balaban J connectivity index is 1.60. The zero-order valence-corrected chi connectivity index (χ0v) is 16.5. The second-order valence-electron chi connectivity index (χ2n) is 7.57. The van der Waals surface area contributed by atoms with Crippen molar-refractivity contribution in [2.24, 2.45) is 0 Å². The molecule has 142 valence electrons. The van der Waals surface area contributed by atoms with Gasteiger partial charge in [0.1, 0.15) is 10.6 Å². The molecule has 0 amide bonds. The van der Waals surface area contributed by atoms with Gasteiger partial charge in [-0.2, -0.15) is 0 Å². The van der Waals surface area contributed by atoms with Gasteiger partial charge < -0.3 is 5.32 Å². The predicted octanol–water partition coefficient (Wildman–Crippen LogP) is 3.70. The van der Waals surface area contributed by atoms with E-state index in [0.717, 1.165) is 35.0 Å². The topological polar surface area (TPSA) is 46.9 Å². The minimum absolute atomic E-state index is 0.0316. The Kier molecular flexibility index (Phi) is 5.10. The highest BCUT2D eigenvalue weighted by Crippen LogP contribution is 2.33. The Hall–Kier alpha value is -2.05. The van der Waals surface area contributed by atoms with E-state index < -0.39 is 0 Å². The van der Waals surface area contributed by atoms with E-state index in [1.807, 2.05) is 6.07 Å². The quantitative estimate of drug-likeness (QED) is 0.729. The van der Waals surface area contributed by atoms with E-state index in [0.29, 0.717) is 25.0 Å². The average Bonchev–Trinajstić information content (AvgIpc) is 2.99. The second-order valence-corrected chi connectivity index (χ2v) is 8.65. The molecule has 3 aromatic rings. The van der Waals surface area contributed by atoms with Gasteiger partial charge in [-0.05, 0) is 48.9 Å². The summed E-state index contributed by atoms with van der Waals surface area (Å²) < 4.78 is 15.0. The summed E-state index contributed by atoms with van der Waals surface area (Å²) in [6.45, 7) is 4.84. The lowest BCUT2D eigenvalue weighted by atomic mass is 9.92. The molecule has 2 aromatic heterocycles. The maximum atomic E-state index is 13.4. The number of benzene rings is 1. The highest BCUT2D eigenvalue weighted by Gasteiger charge is 2.25. The first-order valence-electron chi connectivity index (χ1n) is 9.51. The SMILES string of the molecule is CC(C)NC1CCc2c(sc3ncn(CCc4cccc(F)c4)c(=O)c23)C1. The van der Waals surface area contributed by atoms with Gasteiger partial charge in [-0.1, -0.05) is 26.0 Å². The van der Waals surface area contributed by atoms with Crippen molar-refractivity contribution in [3.63, 3.8) is 0 Å². The molecule has 1 aliphatic rings. The van der Waals surface area contributed by atoms with Crippen molar-refractivity contribution in [2.75, 3.05) is 0 Å². The Morgan fingerprint density at radius 1 is 1.41 bits per heavy atom. The molecule has 2 heterocycles. The summed E-state index contributed by atoms with van der Waals surface area (Å²) in [5, 5.41) is 4.40. The number of thiophene rings is 1. The number of hydrogen-bond donors (Lipinski definition) is 1. The minimum Gasteiger partial charge on any atom is -0.311 e. The van der Waals surface area contributed by atoms with Crippen LogP contribution < -0.4 is 10.9 Å². The van der Waals surface area contributed by atoms with Crippen LogP contribution in [0.3, 0.4) is 0 Å².